The van der Waals surface area contributed by atoms with Crippen molar-refractivity contribution in [3.05, 3.63) is 35.4 Å². The van der Waals surface area contributed by atoms with Gasteiger partial charge < -0.3 is 10.5 Å². The van der Waals surface area contributed by atoms with Gasteiger partial charge in [0, 0.05) is 0 Å². The van der Waals surface area contributed by atoms with Crippen molar-refractivity contribution < 1.29 is 23.1 Å². The van der Waals surface area contributed by atoms with E-state index in [1.165, 1.54) is 12.1 Å². The van der Waals surface area contributed by atoms with Gasteiger partial charge in [-0.1, -0.05) is 50.8 Å². The second-order valence-corrected chi connectivity index (χ2v) is 6.81. The molecule has 0 radical (unpaired) electrons. The van der Waals surface area contributed by atoms with Crippen LogP contribution in [0.2, 0.25) is 0 Å². The first-order chi connectivity index (χ1) is 11.7. The lowest BCUT2D eigenvalue weighted by Gasteiger charge is -2.39. The van der Waals surface area contributed by atoms with Crippen molar-refractivity contribution in [2.75, 3.05) is 0 Å². The molecule has 6 heteroatoms. The number of Topliss-reactive ketones (excluding diaryl/α,β-unsaturated/α-hetero) is 1. The zero-order valence-electron chi connectivity index (χ0n) is 14.3. The van der Waals surface area contributed by atoms with Crippen LogP contribution in [0, 0.1) is 5.41 Å². The number of rotatable bonds is 6. The predicted octanol–water partition coefficient (Wildman–Crippen LogP) is 4.87. The van der Waals surface area contributed by atoms with Crippen LogP contribution in [-0.4, -0.2) is 22.2 Å². The molecule has 0 amide bonds. The van der Waals surface area contributed by atoms with Crippen LogP contribution in [0.3, 0.4) is 0 Å². The SMILES string of the molecule is CCCC(=N)C(=O)C(c1cccc(C(F)(F)F)c1)C1(O)CCCCC1. The second-order valence-electron chi connectivity index (χ2n) is 6.81. The highest BCUT2D eigenvalue weighted by Crippen LogP contribution is 2.42. The van der Waals surface area contributed by atoms with Gasteiger partial charge in [-0.05, 0) is 30.9 Å². The van der Waals surface area contributed by atoms with Gasteiger partial charge >= 0.3 is 6.18 Å². The lowest BCUT2D eigenvalue weighted by Crippen LogP contribution is -2.44. The number of hydrogen-bond donors (Lipinski definition) is 2. The molecule has 1 unspecified atom stereocenters. The third-order valence-corrected chi connectivity index (χ3v) is 4.86. The monoisotopic (exact) mass is 355 g/mol. The summed E-state index contributed by atoms with van der Waals surface area (Å²) in [6, 6.07) is 4.60. The summed E-state index contributed by atoms with van der Waals surface area (Å²) in [5.74, 6) is -1.68. The minimum Gasteiger partial charge on any atom is -0.389 e. The molecule has 0 spiro atoms. The van der Waals surface area contributed by atoms with Crippen LogP contribution >= 0.6 is 0 Å². The van der Waals surface area contributed by atoms with Gasteiger partial charge in [-0.25, -0.2) is 0 Å². The van der Waals surface area contributed by atoms with Crippen molar-refractivity contribution in [2.45, 2.75) is 69.6 Å². The number of ketones is 1. The van der Waals surface area contributed by atoms with Gasteiger partial charge in [-0.3, -0.25) is 4.79 Å². The topological polar surface area (TPSA) is 61.2 Å². The fourth-order valence-electron chi connectivity index (χ4n) is 3.60. The number of halogens is 3. The van der Waals surface area contributed by atoms with Crippen molar-refractivity contribution in [2.24, 2.45) is 0 Å². The van der Waals surface area contributed by atoms with E-state index in [2.05, 4.69) is 0 Å². The molecule has 1 atom stereocenters. The average molecular weight is 355 g/mol. The Hall–Kier alpha value is -1.69. The van der Waals surface area contributed by atoms with Crippen molar-refractivity contribution >= 4 is 11.5 Å². The van der Waals surface area contributed by atoms with Gasteiger partial charge in [-0.15, -0.1) is 0 Å². The molecule has 0 bridgehead atoms. The first-order valence-corrected chi connectivity index (χ1v) is 8.70. The maximum atomic E-state index is 13.1. The smallest absolute Gasteiger partial charge is 0.389 e. The highest BCUT2D eigenvalue weighted by molar-refractivity contribution is 6.40. The Kier molecular flexibility index (Phi) is 6.03. The molecule has 1 fully saturated rings. The van der Waals surface area contributed by atoms with Gasteiger partial charge in [0.2, 0.25) is 0 Å². The van der Waals surface area contributed by atoms with Crippen LogP contribution in [0.5, 0.6) is 0 Å². The van der Waals surface area contributed by atoms with Crippen LogP contribution in [0.15, 0.2) is 24.3 Å². The number of nitrogens with one attached hydrogen (secondary N) is 1. The molecule has 1 aromatic carbocycles. The van der Waals surface area contributed by atoms with Gasteiger partial charge in [0.15, 0.2) is 5.78 Å². The Labute approximate surface area is 145 Å². The van der Waals surface area contributed by atoms with E-state index >= 15 is 0 Å². The Morgan fingerprint density at radius 1 is 1.28 bits per heavy atom. The number of carbonyl (C=O) groups excluding carboxylic acids is 1. The van der Waals surface area contributed by atoms with Crippen molar-refractivity contribution in [1.82, 2.24) is 0 Å². The summed E-state index contributed by atoms with van der Waals surface area (Å²) >= 11 is 0. The molecule has 138 valence electrons. The first-order valence-electron chi connectivity index (χ1n) is 8.70. The summed E-state index contributed by atoms with van der Waals surface area (Å²) < 4.78 is 39.2. The largest absolute Gasteiger partial charge is 0.416 e. The Bertz CT molecular complexity index is 634. The van der Waals surface area contributed by atoms with Crippen LogP contribution < -0.4 is 0 Å². The minimum atomic E-state index is -4.52. The zero-order valence-corrected chi connectivity index (χ0v) is 14.3. The van der Waals surface area contributed by atoms with Gasteiger partial charge in [0.1, 0.15) is 0 Å². The molecular weight excluding hydrogens is 331 g/mol. The standard InChI is InChI=1S/C19H24F3NO2/c1-2-7-15(23)17(24)16(18(25)10-4-3-5-11-18)13-8-6-9-14(12-13)19(20,21)22/h6,8-9,12,16,23,25H,2-5,7,10-11H2,1H3. The predicted molar refractivity (Wildman–Crippen MR) is 89.9 cm³/mol. The molecule has 3 nitrogen and oxygen atoms in total. The van der Waals surface area contributed by atoms with Gasteiger partial charge in [0.05, 0.1) is 22.8 Å². The summed E-state index contributed by atoms with van der Waals surface area (Å²) in [5.41, 5.74) is -2.22. The summed E-state index contributed by atoms with van der Waals surface area (Å²) in [6.07, 6.45) is -0.574. The molecule has 1 saturated carbocycles. The number of hydrogen-bond acceptors (Lipinski definition) is 3. The fourth-order valence-corrected chi connectivity index (χ4v) is 3.60. The minimum absolute atomic E-state index is 0.135. The highest BCUT2D eigenvalue weighted by Gasteiger charge is 2.44. The average Bonchev–Trinajstić information content (AvgIpc) is 2.55. The van der Waals surface area contributed by atoms with E-state index in [1.807, 2.05) is 6.92 Å². The van der Waals surface area contributed by atoms with E-state index in [0.717, 1.165) is 31.4 Å². The fraction of sp³-hybridized carbons (Fsp3) is 0.579. The van der Waals surface area contributed by atoms with E-state index in [9.17, 15) is 23.1 Å². The summed E-state index contributed by atoms with van der Waals surface area (Å²) in [4.78, 5) is 12.8. The van der Waals surface area contributed by atoms with Crippen LogP contribution in [0.1, 0.15) is 68.9 Å². The third-order valence-electron chi connectivity index (χ3n) is 4.86. The molecule has 1 aliphatic rings. The highest BCUT2D eigenvalue weighted by atomic mass is 19.4. The Morgan fingerprint density at radius 3 is 2.48 bits per heavy atom. The lowest BCUT2D eigenvalue weighted by atomic mass is 9.70. The lowest BCUT2D eigenvalue weighted by molar-refractivity contribution is -0.138. The molecule has 1 aliphatic carbocycles. The first kappa shape index (κ1) is 19.6. The van der Waals surface area contributed by atoms with Crippen LogP contribution in [-0.2, 0) is 11.0 Å². The molecule has 2 N–H and O–H groups in total. The molecule has 2 rings (SSSR count). The number of alkyl halides is 3. The van der Waals surface area contributed by atoms with Crippen LogP contribution in [0.4, 0.5) is 13.2 Å². The molecule has 0 heterocycles. The molecule has 0 aliphatic heterocycles. The van der Waals surface area contributed by atoms with E-state index < -0.39 is 29.0 Å². The summed E-state index contributed by atoms with van der Waals surface area (Å²) in [7, 11) is 0. The van der Waals surface area contributed by atoms with Crippen LogP contribution in [0.25, 0.3) is 0 Å². The maximum Gasteiger partial charge on any atom is 0.416 e. The number of benzene rings is 1. The normalized spacial score (nSPS) is 18.6. The number of aliphatic hydroxyl groups is 1. The Morgan fingerprint density at radius 2 is 1.92 bits per heavy atom. The van der Waals surface area contributed by atoms with Crippen molar-refractivity contribution in [1.29, 1.82) is 5.41 Å². The van der Waals surface area contributed by atoms with Crippen molar-refractivity contribution in [3.63, 3.8) is 0 Å². The Balaban J connectivity index is 2.48. The summed E-state index contributed by atoms with van der Waals surface area (Å²) in [5, 5.41) is 19.0. The molecule has 0 saturated heterocycles. The number of carbonyl (C=O) groups is 1. The van der Waals surface area contributed by atoms with E-state index in [4.69, 9.17) is 5.41 Å². The third kappa shape index (κ3) is 4.48. The maximum absolute atomic E-state index is 13.1. The molecule has 25 heavy (non-hydrogen) atoms. The van der Waals surface area contributed by atoms with Crippen molar-refractivity contribution in [3.8, 4) is 0 Å². The van der Waals surface area contributed by atoms with E-state index in [-0.39, 0.29) is 17.7 Å². The van der Waals surface area contributed by atoms with E-state index in [0.29, 0.717) is 19.3 Å². The zero-order chi connectivity index (χ0) is 18.7. The van der Waals surface area contributed by atoms with Gasteiger partial charge in [-0.2, -0.15) is 13.2 Å². The van der Waals surface area contributed by atoms with E-state index in [1.54, 1.807) is 0 Å². The quantitative estimate of drug-likeness (QED) is 0.715. The summed E-state index contributed by atoms with van der Waals surface area (Å²) in [6.45, 7) is 1.83. The molecule has 0 aromatic heterocycles. The second kappa shape index (κ2) is 7.68. The van der Waals surface area contributed by atoms with Gasteiger partial charge in [0.25, 0.3) is 0 Å². The molecular formula is C19H24F3NO2. The molecule has 1 aromatic rings.